The maximum atomic E-state index is 11.6. The molecular weight excluding hydrogens is 447 g/mol. The predicted molar refractivity (Wildman–Crippen MR) is 115 cm³/mol. The molecule has 0 unspecified atom stereocenters. The second-order valence-electron chi connectivity index (χ2n) is 6.70. The van der Waals surface area contributed by atoms with Crippen LogP contribution in [0.4, 0.5) is 4.79 Å². The van der Waals surface area contributed by atoms with Crippen LogP contribution >= 0.6 is 24.0 Å². The van der Waals surface area contributed by atoms with Crippen LogP contribution in [0.5, 0.6) is 0 Å². The number of guanidine groups is 1. The first-order chi connectivity index (χ1) is 11.9. The Morgan fingerprint density at radius 1 is 1.19 bits per heavy atom. The lowest BCUT2D eigenvalue weighted by Crippen LogP contribution is -2.40. The van der Waals surface area contributed by atoms with Crippen molar-refractivity contribution in [1.29, 1.82) is 0 Å². The molecule has 0 aromatic carbocycles. The second kappa shape index (κ2) is 13.7. The first kappa shape index (κ1) is 24.6. The highest BCUT2D eigenvalue weighted by Gasteiger charge is 2.15. The number of hydrogen-bond donors (Lipinski definition) is 3. The molecule has 26 heavy (non-hydrogen) atoms. The Balaban J connectivity index is 0.00000625. The third kappa shape index (κ3) is 12.8. The van der Waals surface area contributed by atoms with Gasteiger partial charge in [0.1, 0.15) is 11.4 Å². The Morgan fingerprint density at radius 2 is 1.88 bits per heavy atom. The molecule has 0 fully saturated rings. The summed E-state index contributed by atoms with van der Waals surface area (Å²) in [6.45, 7) is 10.4. The normalized spacial score (nSPS) is 11.5. The van der Waals surface area contributed by atoms with Crippen molar-refractivity contribution in [2.45, 2.75) is 52.6 Å². The summed E-state index contributed by atoms with van der Waals surface area (Å²) in [6.07, 6.45) is 3.87. The lowest BCUT2D eigenvalue weighted by Gasteiger charge is -2.19. The molecule has 1 amide bonds. The van der Waals surface area contributed by atoms with E-state index < -0.39 is 5.60 Å². The number of nitrogens with one attached hydrogen (secondary N) is 3. The van der Waals surface area contributed by atoms with E-state index in [1.807, 2.05) is 32.9 Å². The summed E-state index contributed by atoms with van der Waals surface area (Å²) in [5.74, 6) is 1.73. The lowest BCUT2D eigenvalue weighted by atomic mass is 10.2. The topological polar surface area (TPSA) is 87.9 Å². The van der Waals surface area contributed by atoms with Crippen LogP contribution in [0.15, 0.2) is 27.8 Å². The van der Waals surface area contributed by atoms with E-state index in [1.54, 1.807) is 6.26 Å². The number of hydrogen-bond acceptors (Lipinski definition) is 4. The zero-order chi connectivity index (χ0) is 18.5. The van der Waals surface area contributed by atoms with Gasteiger partial charge in [0.2, 0.25) is 0 Å². The number of furan rings is 1. The molecule has 0 saturated carbocycles. The Morgan fingerprint density at radius 3 is 2.50 bits per heavy atom. The molecule has 1 aromatic heterocycles. The Hall–Kier alpha value is -1.45. The summed E-state index contributed by atoms with van der Waals surface area (Å²) in [7, 11) is 0. The number of carbonyl (C=O) groups excluding carboxylic acids is 1. The summed E-state index contributed by atoms with van der Waals surface area (Å²) in [5.41, 5.74) is -0.472. The quantitative estimate of drug-likeness (QED) is 0.219. The van der Waals surface area contributed by atoms with Gasteiger partial charge in [-0.05, 0) is 45.7 Å². The number of halogens is 1. The second-order valence-corrected chi connectivity index (χ2v) is 6.70. The largest absolute Gasteiger partial charge is 0.469 e. The number of carbonyl (C=O) groups is 1. The van der Waals surface area contributed by atoms with Gasteiger partial charge in [-0.25, -0.2) is 4.79 Å². The first-order valence-electron chi connectivity index (χ1n) is 8.92. The third-order valence-electron chi connectivity index (χ3n) is 3.05. The van der Waals surface area contributed by atoms with Crippen LogP contribution in [0.2, 0.25) is 0 Å². The SMILES string of the molecule is CCCN=C(NCCCNC(=O)OC(C)(C)C)NCCc1ccco1.I. The summed E-state index contributed by atoms with van der Waals surface area (Å²) in [5, 5.41) is 9.31. The molecule has 1 rings (SSSR count). The molecule has 8 heteroatoms. The summed E-state index contributed by atoms with van der Waals surface area (Å²) < 4.78 is 10.5. The number of alkyl carbamates (subject to hydrolysis) is 1. The van der Waals surface area contributed by atoms with Crippen molar-refractivity contribution in [3.8, 4) is 0 Å². The molecule has 0 aliphatic carbocycles. The van der Waals surface area contributed by atoms with Crippen molar-refractivity contribution in [3.05, 3.63) is 24.2 Å². The molecule has 3 N–H and O–H groups in total. The summed E-state index contributed by atoms with van der Waals surface area (Å²) in [4.78, 5) is 16.0. The fourth-order valence-electron chi connectivity index (χ4n) is 1.96. The maximum absolute atomic E-state index is 11.6. The van der Waals surface area contributed by atoms with Gasteiger partial charge in [-0.15, -0.1) is 24.0 Å². The van der Waals surface area contributed by atoms with E-state index in [9.17, 15) is 4.79 Å². The van der Waals surface area contributed by atoms with E-state index in [0.717, 1.165) is 44.1 Å². The summed E-state index contributed by atoms with van der Waals surface area (Å²) >= 11 is 0. The molecule has 0 saturated heterocycles. The number of ether oxygens (including phenoxy) is 1. The van der Waals surface area contributed by atoms with Gasteiger partial charge in [0.15, 0.2) is 5.96 Å². The maximum Gasteiger partial charge on any atom is 0.407 e. The number of nitrogens with zero attached hydrogens (tertiary/aromatic N) is 1. The van der Waals surface area contributed by atoms with Crippen molar-refractivity contribution in [1.82, 2.24) is 16.0 Å². The zero-order valence-corrected chi connectivity index (χ0v) is 18.6. The Bertz CT molecular complexity index is 513. The molecule has 1 heterocycles. The van der Waals surface area contributed by atoms with Crippen LogP contribution in [-0.4, -0.2) is 43.8 Å². The van der Waals surface area contributed by atoms with E-state index >= 15 is 0 Å². The van der Waals surface area contributed by atoms with E-state index in [2.05, 4.69) is 27.9 Å². The molecule has 7 nitrogen and oxygen atoms in total. The molecule has 0 aliphatic heterocycles. The van der Waals surface area contributed by atoms with Crippen LogP contribution in [0.25, 0.3) is 0 Å². The minimum absolute atomic E-state index is 0. The molecule has 0 atom stereocenters. The van der Waals surface area contributed by atoms with Gasteiger partial charge in [-0.1, -0.05) is 6.92 Å². The molecule has 0 bridgehead atoms. The zero-order valence-electron chi connectivity index (χ0n) is 16.3. The minimum Gasteiger partial charge on any atom is -0.469 e. The van der Waals surface area contributed by atoms with Crippen LogP contribution in [-0.2, 0) is 11.2 Å². The number of aliphatic imine (C=N–C) groups is 1. The molecular formula is C18H33IN4O3. The minimum atomic E-state index is -0.472. The number of rotatable bonds is 9. The van der Waals surface area contributed by atoms with Crippen molar-refractivity contribution in [2.24, 2.45) is 4.99 Å². The van der Waals surface area contributed by atoms with Gasteiger partial charge in [0.05, 0.1) is 6.26 Å². The molecule has 0 aliphatic rings. The van der Waals surface area contributed by atoms with E-state index in [4.69, 9.17) is 9.15 Å². The van der Waals surface area contributed by atoms with Crippen molar-refractivity contribution in [3.63, 3.8) is 0 Å². The van der Waals surface area contributed by atoms with Crippen molar-refractivity contribution in [2.75, 3.05) is 26.2 Å². The highest BCUT2D eigenvalue weighted by molar-refractivity contribution is 14.0. The Kier molecular flexibility index (Phi) is 12.9. The fourth-order valence-corrected chi connectivity index (χ4v) is 1.96. The molecule has 1 aromatic rings. The molecule has 150 valence electrons. The van der Waals surface area contributed by atoms with Gasteiger partial charge < -0.3 is 25.1 Å². The fraction of sp³-hybridized carbons (Fsp3) is 0.667. The average molecular weight is 480 g/mol. The van der Waals surface area contributed by atoms with E-state index in [1.165, 1.54) is 0 Å². The lowest BCUT2D eigenvalue weighted by molar-refractivity contribution is 0.0527. The van der Waals surface area contributed by atoms with Crippen molar-refractivity contribution >= 4 is 36.0 Å². The van der Waals surface area contributed by atoms with Crippen molar-refractivity contribution < 1.29 is 13.9 Å². The van der Waals surface area contributed by atoms with Crippen LogP contribution in [0.1, 0.15) is 46.3 Å². The molecule has 0 spiro atoms. The highest BCUT2D eigenvalue weighted by Crippen LogP contribution is 2.06. The summed E-state index contributed by atoms with van der Waals surface area (Å²) in [6, 6.07) is 3.84. The van der Waals surface area contributed by atoms with Crippen LogP contribution in [0, 0.1) is 0 Å². The smallest absolute Gasteiger partial charge is 0.407 e. The van der Waals surface area contributed by atoms with Crippen LogP contribution in [0.3, 0.4) is 0 Å². The highest BCUT2D eigenvalue weighted by atomic mass is 127. The van der Waals surface area contributed by atoms with Gasteiger partial charge >= 0.3 is 6.09 Å². The first-order valence-corrected chi connectivity index (χ1v) is 8.92. The predicted octanol–water partition coefficient (Wildman–Crippen LogP) is 3.30. The standard InChI is InChI=1S/C18H32N4O3.HI/c1-5-10-19-16(21-13-9-15-8-6-14-24-15)20-11-7-12-22-17(23)25-18(2,3)4;/h6,8,14H,5,7,9-13H2,1-4H3,(H,22,23)(H2,19,20,21);1H. The van der Waals surface area contributed by atoms with E-state index in [0.29, 0.717) is 13.1 Å². The average Bonchev–Trinajstić information content (AvgIpc) is 3.03. The van der Waals surface area contributed by atoms with E-state index in [-0.39, 0.29) is 30.1 Å². The third-order valence-corrected chi connectivity index (χ3v) is 3.05. The Labute approximate surface area is 173 Å². The van der Waals surface area contributed by atoms with Gasteiger partial charge in [0, 0.05) is 32.6 Å². The van der Waals surface area contributed by atoms with Gasteiger partial charge in [-0.2, -0.15) is 0 Å². The molecule has 0 radical (unpaired) electrons. The van der Waals surface area contributed by atoms with Crippen LogP contribution < -0.4 is 16.0 Å². The van der Waals surface area contributed by atoms with Gasteiger partial charge in [-0.3, -0.25) is 4.99 Å². The van der Waals surface area contributed by atoms with Gasteiger partial charge in [0.25, 0.3) is 0 Å². The monoisotopic (exact) mass is 480 g/mol. The number of amides is 1.